The van der Waals surface area contributed by atoms with Crippen molar-refractivity contribution in [3.05, 3.63) is 53.2 Å². The van der Waals surface area contributed by atoms with Crippen molar-refractivity contribution in [2.75, 3.05) is 0 Å². The summed E-state index contributed by atoms with van der Waals surface area (Å²) < 4.78 is 0. The smallest absolute Gasteiger partial charge is 0.185 e. The Kier molecular flexibility index (Phi) is 3.89. The third-order valence-electron chi connectivity index (χ3n) is 4.70. The van der Waals surface area contributed by atoms with E-state index in [0.717, 1.165) is 10.8 Å². The maximum absolute atomic E-state index is 12.9. The van der Waals surface area contributed by atoms with Crippen molar-refractivity contribution >= 4 is 25.2 Å². The van der Waals surface area contributed by atoms with Gasteiger partial charge in [0.25, 0.3) is 0 Å². The Bertz CT molecular complexity index is 644. The Morgan fingerprint density at radius 1 is 0.905 bits per heavy atom. The fraction of sp³-hybridized carbons (Fsp3) is 0.333. The Morgan fingerprint density at radius 3 is 2.00 bits per heavy atom. The van der Waals surface area contributed by atoms with E-state index in [-0.39, 0.29) is 16.6 Å². The molecule has 1 aliphatic carbocycles. The van der Waals surface area contributed by atoms with Crippen molar-refractivity contribution in [1.82, 2.24) is 0 Å². The molecule has 0 saturated carbocycles. The van der Waals surface area contributed by atoms with Crippen molar-refractivity contribution in [2.45, 2.75) is 38.9 Å². The van der Waals surface area contributed by atoms with Crippen LogP contribution < -0.4 is 0 Å². The van der Waals surface area contributed by atoms with Crippen molar-refractivity contribution in [2.24, 2.45) is 0 Å². The molecule has 0 heterocycles. The largest absolute Gasteiger partial charge is 0.290 e. The molecule has 0 unspecified atom stereocenters. The van der Waals surface area contributed by atoms with Crippen LogP contribution in [0.1, 0.15) is 26.3 Å². The van der Waals surface area contributed by atoms with Gasteiger partial charge >= 0.3 is 0 Å². The number of hydrogen-bond acceptors (Lipinski definition) is 2. The minimum Gasteiger partial charge on any atom is -0.290 e. The standard InChI is InChI=1S/C18H22O2Si/c1-18(2,3)21(4,5)16-12-14(19)11-15(17(16)20)13-9-7-6-8-10-13/h6-12H,1-5H3. The average Bonchev–Trinajstić information content (AvgIpc) is 2.40. The monoisotopic (exact) mass is 298 g/mol. The van der Waals surface area contributed by atoms with Gasteiger partial charge in [0.05, 0.1) is 8.07 Å². The molecule has 0 N–H and O–H groups in total. The van der Waals surface area contributed by atoms with Crippen LogP contribution >= 0.6 is 0 Å². The van der Waals surface area contributed by atoms with E-state index in [1.54, 1.807) is 6.08 Å². The highest BCUT2D eigenvalue weighted by atomic mass is 28.3. The molecule has 110 valence electrons. The van der Waals surface area contributed by atoms with Crippen LogP contribution in [0, 0.1) is 0 Å². The van der Waals surface area contributed by atoms with Crippen LogP contribution in [0.15, 0.2) is 47.7 Å². The minimum atomic E-state index is -2.03. The Hall–Kier alpha value is -1.74. The number of hydrogen-bond donors (Lipinski definition) is 0. The summed E-state index contributed by atoms with van der Waals surface area (Å²) in [4.78, 5) is 25.0. The molecule has 0 aliphatic heterocycles. The number of carbonyl (C=O) groups excluding carboxylic acids is 2. The average molecular weight is 298 g/mol. The zero-order valence-corrected chi connectivity index (χ0v) is 14.4. The predicted molar refractivity (Wildman–Crippen MR) is 89.7 cm³/mol. The van der Waals surface area contributed by atoms with Gasteiger partial charge in [-0.3, -0.25) is 9.59 Å². The maximum Gasteiger partial charge on any atom is 0.185 e. The lowest BCUT2D eigenvalue weighted by Crippen LogP contribution is -2.44. The molecule has 0 saturated heterocycles. The topological polar surface area (TPSA) is 34.1 Å². The quantitative estimate of drug-likeness (QED) is 0.606. The van der Waals surface area contributed by atoms with Crippen molar-refractivity contribution in [3.8, 4) is 0 Å². The summed E-state index contributed by atoms with van der Waals surface area (Å²) >= 11 is 0. The van der Waals surface area contributed by atoms with Gasteiger partial charge in [0.2, 0.25) is 0 Å². The number of rotatable bonds is 2. The van der Waals surface area contributed by atoms with Gasteiger partial charge in [0.15, 0.2) is 11.6 Å². The highest BCUT2D eigenvalue weighted by molar-refractivity contribution is 6.92. The second-order valence-corrected chi connectivity index (χ2v) is 12.4. The summed E-state index contributed by atoms with van der Waals surface area (Å²) in [5, 5.41) is 0.759. The molecular weight excluding hydrogens is 276 g/mol. The van der Waals surface area contributed by atoms with E-state index in [1.807, 2.05) is 30.3 Å². The molecule has 0 radical (unpaired) electrons. The zero-order chi connectivity index (χ0) is 15.8. The Labute approximate surface area is 127 Å². The van der Waals surface area contributed by atoms with Crippen molar-refractivity contribution in [1.29, 1.82) is 0 Å². The summed E-state index contributed by atoms with van der Waals surface area (Å²) in [6.45, 7) is 10.8. The first kappa shape index (κ1) is 15.6. The van der Waals surface area contributed by atoms with Crippen LogP contribution in [0.4, 0.5) is 0 Å². The van der Waals surface area contributed by atoms with Gasteiger partial charge in [-0.25, -0.2) is 0 Å². The van der Waals surface area contributed by atoms with Gasteiger partial charge in [-0.15, -0.1) is 0 Å². The van der Waals surface area contributed by atoms with E-state index in [0.29, 0.717) is 5.57 Å². The number of benzene rings is 1. The number of allylic oxidation sites excluding steroid dienone is 4. The normalized spacial score (nSPS) is 16.6. The van der Waals surface area contributed by atoms with Gasteiger partial charge in [-0.1, -0.05) is 64.2 Å². The maximum atomic E-state index is 12.9. The third kappa shape index (κ3) is 2.83. The van der Waals surface area contributed by atoms with Crippen LogP contribution in [-0.2, 0) is 9.59 Å². The van der Waals surface area contributed by atoms with Gasteiger partial charge in [0, 0.05) is 5.57 Å². The molecule has 0 fully saturated rings. The minimum absolute atomic E-state index is 0.0207. The Balaban J connectivity index is 2.50. The lowest BCUT2D eigenvalue weighted by molar-refractivity contribution is -0.113. The van der Waals surface area contributed by atoms with E-state index in [9.17, 15) is 9.59 Å². The van der Waals surface area contributed by atoms with Crippen molar-refractivity contribution in [3.63, 3.8) is 0 Å². The molecule has 1 aromatic rings. The third-order valence-corrected chi connectivity index (χ3v) is 10.2. The Morgan fingerprint density at radius 2 is 1.48 bits per heavy atom. The van der Waals surface area contributed by atoms with Crippen LogP contribution in [0.2, 0.25) is 18.1 Å². The molecule has 21 heavy (non-hydrogen) atoms. The van der Waals surface area contributed by atoms with Gasteiger partial charge < -0.3 is 0 Å². The van der Waals surface area contributed by atoms with Gasteiger partial charge in [-0.05, 0) is 28.0 Å². The van der Waals surface area contributed by atoms with E-state index >= 15 is 0 Å². The fourth-order valence-electron chi connectivity index (χ4n) is 2.30. The van der Waals surface area contributed by atoms with E-state index < -0.39 is 8.07 Å². The summed E-state index contributed by atoms with van der Waals surface area (Å²) in [6, 6.07) is 9.44. The van der Waals surface area contributed by atoms with Crippen LogP contribution in [-0.4, -0.2) is 19.6 Å². The van der Waals surface area contributed by atoms with E-state index in [1.165, 1.54) is 6.08 Å². The van der Waals surface area contributed by atoms with Gasteiger partial charge in [0.1, 0.15) is 0 Å². The molecule has 0 amide bonds. The molecule has 2 rings (SSSR count). The molecule has 3 heteroatoms. The molecule has 0 bridgehead atoms. The molecule has 1 aliphatic rings. The fourth-order valence-corrected chi connectivity index (χ4v) is 4.32. The summed E-state index contributed by atoms with van der Waals surface area (Å²) in [6.07, 6.45) is 3.03. The molecule has 2 nitrogen and oxygen atoms in total. The van der Waals surface area contributed by atoms with Crippen LogP contribution in [0.3, 0.4) is 0 Å². The molecule has 0 aromatic heterocycles. The first-order valence-electron chi connectivity index (χ1n) is 7.22. The molecular formula is C18H22O2Si. The van der Waals surface area contributed by atoms with Gasteiger partial charge in [-0.2, -0.15) is 0 Å². The second kappa shape index (κ2) is 5.23. The first-order valence-corrected chi connectivity index (χ1v) is 10.2. The van der Waals surface area contributed by atoms with Crippen LogP contribution in [0.25, 0.3) is 5.57 Å². The summed E-state index contributed by atoms with van der Waals surface area (Å²) in [5.41, 5.74) is 1.35. The zero-order valence-electron chi connectivity index (χ0n) is 13.4. The van der Waals surface area contributed by atoms with Crippen molar-refractivity contribution < 1.29 is 9.59 Å². The predicted octanol–water partition coefficient (Wildman–Crippen LogP) is 4.20. The lowest BCUT2D eigenvalue weighted by Gasteiger charge is -2.39. The van der Waals surface area contributed by atoms with Crippen LogP contribution in [0.5, 0.6) is 0 Å². The van der Waals surface area contributed by atoms with E-state index in [4.69, 9.17) is 0 Å². The number of carbonyl (C=O) groups is 2. The number of ketones is 2. The SMILES string of the molecule is CC(C)(C)[Si](C)(C)C1=CC(=O)C=C(c2ccccc2)C1=O. The molecule has 0 spiro atoms. The second-order valence-electron chi connectivity index (χ2n) is 7.09. The highest BCUT2D eigenvalue weighted by Gasteiger charge is 2.43. The molecule has 0 atom stereocenters. The molecule has 1 aromatic carbocycles. The van der Waals surface area contributed by atoms with E-state index in [2.05, 4.69) is 33.9 Å². The lowest BCUT2D eigenvalue weighted by atomic mass is 9.96. The first-order chi connectivity index (χ1) is 9.64. The number of Topliss-reactive ketones (excluding diaryl/α,β-unsaturated/α-hetero) is 1. The summed E-state index contributed by atoms with van der Waals surface area (Å²) in [5.74, 6) is -0.0549. The highest BCUT2D eigenvalue weighted by Crippen LogP contribution is 2.43. The summed E-state index contributed by atoms with van der Waals surface area (Å²) in [7, 11) is -2.03.